The molecule has 0 saturated carbocycles. The zero-order valence-electron chi connectivity index (χ0n) is 8.79. The Labute approximate surface area is 93.4 Å². The highest BCUT2D eigenvalue weighted by molar-refractivity contribution is 9.10. The van der Waals surface area contributed by atoms with Crippen LogP contribution in [-0.2, 0) is 0 Å². The summed E-state index contributed by atoms with van der Waals surface area (Å²) < 4.78 is 1.04. The van der Waals surface area contributed by atoms with Crippen LogP contribution in [-0.4, -0.2) is 24.6 Å². The van der Waals surface area contributed by atoms with Crippen LogP contribution in [0.15, 0.2) is 16.6 Å². The molecule has 0 aliphatic heterocycles. The van der Waals surface area contributed by atoms with Crippen molar-refractivity contribution in [1.29, 1.82) is 0 Å². The summed E-state index contributed by atoms with van der Waals surface area (Å²) in [7, 11) is 2.01. The molecule has 1 aromatic heterocycles. The van der Waals surface area contributed by atoms with Gasteiger partial charge in [-0.2, -0.15) is 0 Å². The fourth-order valence-corrected chi connectivity index (χ4v) is 1.33. The van der Waals surface area contributed by atoms with Gasteiger partial charge in [-0.3, -0.25) is 0 Å². The van der Waals surface area contributed by atoms with E-state index in [4.69, 9.17) is 5.73 Å². The van der Waals surface area contributed by atoms with E-state index in [1.54, 1.807) is 0 Å². The average molecular weight is 258 g/mol. The van der Waals surface area contributed by atoms with Crippen LogP contribution in [0.25, 0.3) is 0 Å². The van der Waals surface area contributed by atoms with E-state index >= 15 is 0 Å². The van der Waals surface area contributed by atoms with Crippen LogP contribution in [0, 0.1) is 6.92 Å². The summed E-state index contributed by atoms with van der Waals surface area (Å²) in [6.45, 7) is 4.70. The molecule has 0 spiro atoms. The number of pyridine rings is 1. The van der Waals surface area contributed by atoms with Crippen molar-refractivity contribution < 1.29 is 0 Å². The van der Waals surface area contributed by atoms with Crippen LogP contribution in [0.3, 0.4) is 0 Å². The number of likely N-dealkylation sites (N-methyl/N-ethyl adjacent to an activating group) is 1. The Kier molecular flexibility index (Phi) is 3.89. The van der Waals surface area contributed by atoms with Crippen molar-refractivity contribution >= 4 is 21.7 Å². The number of rotatable bonds is 3. The number of halogens is 1. The van der Waals surface area contributed by atoms with Crippen molar-refractivity contribution in [2.75, 3.05) is 18.5 Å². The van der Waals surface area contributed by atoms with Gasteiger partial charge in [0.25, 0.3) is 0 Å². The molecular weight excluding hydrogens is 242 g/mol. The van der Waals surface area contributed by atoms with Crippen LogP contribution in [0.1, 0.15) is 12.6 Å². The number of hydrogen-bond donors (Lipinski definition) is 1. The lowest BCUT2D eigenvalue weighted by Crippen LogP contribution is -2.35. The highest BCUT2D eigenvalue weighted by atomic mass is 79.9. The fourth-order valence-electron chi connectivity index (χ4n) is 1.11. The molecule has 0 bridgehead atoms. The molecule has 1 atom stereocenters. The predicted octanol–water partition coefficient (Wildman–Crippen LogP) is 1.94. The number of aryl methyl sites for hydroxylation is 1. The molecule has 3 nitrogen and oxygen atoms in total. The Morgan fingerprint density at radius 1 is 1.57 bits per heavy atom. The summed E-state index contributed by atoms with van der Waals surface area (Å²) in [6, 6.07) is 4.31. The van der Waals surface area contributed by atoms with Crippen LogP contribution >= 0.6 is 15.9 Å². The second kappa shape index (κ2) is 4.75. The summed E-state index contributed by atoms with van der Waals surface area (Å²) in [5.74, 6) is 0.962. The maximum atomic E-state index is 5.60. The van der Waals surface area contributed by atoms with E-state index in [1.807, 2.05) is 26.1 Å². The number of nitrogens with two attached hydrogens (primary N) is 1. The summed E-state index contributed by atoms with van der Waals surface area (Å²) in [6.07, 6.45) is 0. The maximum Gasteiger partial charge on any atom is 0.128 e. The van der Waals surface area contributed by atoms with Crippen molar-refractivity contribution in [1.82, 2.24) is 4.98 Å². The van der Waals surface area contributed by atoms with Gasteiger partial charge in [0, 0.05) is 24.1 Å². The minimum atomic E-state index is 0.308. The van der Waals surface area contributed by atoms with Crippen LogP contribution in [0.4, 0.5) is 5.82 Å². The molecule has 4 heteroatoms. The van der Waals surface area contributed by atoms with E-state index in [0.717, 1.165) is 16.0 Å². The molecule has 2 N–H and O–H groups in total. The fraction of sp³-hybridized carbons (Fsp3) is 0.500. The van der Waals surface area contributed by atoms with Gasteiger partial charge >= 0.3 is 0 Å². The topological polar surface area (TPSA) is 42.2 Å². The molecule has 0 radical (unpaired) electrons. The second-order valence-electron chi connectivity index (χ2n) is 3.43. The predicted molar refractivity (Wildman–Crippen MR) is 63.6 cm³/mol. The summed E-state index contributed by atoms with van der Waals surface area (Å²) in [5, 5.41) is 0. The lowest BCUT2D eigenvalue weighted by molar-refractivity contribution is 0.686. The monoisotopic (exact) mass is 257 g/mol. The first-order valence-electron chi connectivity index (χ1n) is 4.62. The third-order valence-electron chi connectivity index (χ3n) is 2.37. The Morgan fingerprint density at radius 3 is 2.71 bits per heavy atom. The molecule has 0 aliphatic rings. The van der Waals surface area contributed by atoms with Crippen molar-refractivity contribution in [3.8, 4) is 0 Å². The Hall–Kier alpha value is -0.610. The van der Waals surface area contributed by atoms with Gasteiger partial charge < -0.3 is 10.6 Å². The van der Waals surface area contributed by atoms with Gasteiger partial charge in [-0.1, -0.05) is 0 Å². The van der Waals surface area contributed by atoms with E-state index < -0.39 is 0 Å². The summed E-state index contributed by atoms with van der Waals surface area (Å²) >= 11 is 3.43. The van der Waals surface area contributed by atoms with Crippen LogP contribution < -0.4 is 10.6 Å². The van der Waals surface area contributed by atoms with Gasteiger partial charge in [0.05, 0.1) is 5.69 Å². The van der Waals surface area contributed by atoms with E-state index in [1.165, 1.54) is 0 Å². The second-order valence-corrected chi connectivity index (χ2v) is 4.29. The molecule has 0 amide bonds. The van der Waals surface area contributed by atoms with Gasteiger partial charge in [0.15, 0.2) is 0 Å². The van der Waals surface area contributed by atoms with E-state index in [-0.39, 0.29) is 0 Å². The zero-order chi connectivity index (χ0) is 10.7. The van der Waals surface area contributed by atoms with Gasteiger partial charge in [-0.15, -0.1) is 0 Å². The third-order valence-corrected chi connectivity index (χ3v) is 3.21. The molecule has 1 aromatic rings. The number of nitrogens with zero attached hydrogens (tertiary/aromatic N) is 2. The molecular formula is C10H16BrN3. The first-order chi connectivity index (χ1) is 6.56. The van der Waals surface area contributed by atoms with Gasteiger partial charge in [-0.25, -0.2) is 4.98 Å². The molecule has 0 aliphatic carbocycles. The molecule has 78 valence electrons. The van der Waals surface area contributed by atoms with Crippen molar-refractivity contribution in [2.45, 2.75) is 19.9 Å². The molecule has 1 unspecified atom stereocenters. The quantitative estimate of drug-likeness (QED) is 0.900. The molecule has 1 rings (SSSR count). The zero-order valence-corrected chi connectivity index (χ0v) is 10.4. The smallest absolute Gasteiger partial charge is 0.128 e. The highest BCUT2D eigenvalue weighted by Gasteiger charge is 2.09. The Balaban J connectivity index is 2.91. The number of anilines is 1. The third kappa shape index (κ3) is 2.45. The van der Waals surface area contributed by atoms with Gasteiger partial charge in [0.2, 0.25) is 0 Å². The lowest BCUT2D eigenvalue weighted by Gasteiger charge is -2.25. The van der Waals surface area contributed by atoms with Crippen molar-refractivity contribution in [2.24, 2.45) is 5.73 Å². The molecule has 1 heterocycles. The minimum absolute atomic E-state index is 0.308. The Bertz CT molecular complexity index is 314. The normalized spacial score (nSPS) is 12.6. The standard InChI is InChI=1S/C10H16BrN3/c1-7(6-12)14(3)10-5-4-9(11)8(2)13-10/h4-5,7H,6,12H2,1-3H3. The highest BCUT2D eigenvalue weighted by Crippen LogP contribution is 2.19. The lowest BCUT2D eigenvalue weighted by atomic mass is 10.3. The van der Waals surface area contributed by atoms with Crippen LogP contribution in [0.2, 0.25) is 0 Å². The largest absolute Gasteiger partial charge is 0.356 e. The van der Waals surface area contributed by atoms with E-state index in [9.17, 15) is 0 Å². The molecule has 0 fully saturated rings. The molecule has 14 heavy (non-hydrogen) atoms. The van der Waals surface area contributed by atoms with E-state index in [0.29, 0.717) is 12.6 Å². The van der Waals surface area contributed by atoms with Crippen LogP contribution in [0.5, 0.6) is 0 Å². The summed E-state index contributed by atoms with van der Waals surface area (Å²) in [4.78, 5) is 6.55. The SMILES string of the molecule is Cc1nc(N(C)C(C)CN)ccc1Br. The first-order valence-corrected chi connectivity index (χ1v) is 5.41. The Morgan fingerprint density at radius 2 is 2.21 bits per heavy atom. The average Bonchev–Trinajstić information content (AvgIpc) is 2.20. The van der Waals surface area contributed by atoms with Gasteiger partial charge in [-0.05, 0) is 41.9 Å². The van der Waals surface area contributed by atoms with E-state index in [2.05, 4.69) is 32.7 Å². The number of aromatic nitrogens is 1. The van der Waals surface area contributed by atoms with Crippen molar-refractivity contribution in [3.05, 3.63) is 22.3 Å². The summed E-state index contributed by atoms with van der Waals surface area (Å²) in [5.41, 5.74) is 6.60. The van der Waals surface area contributed by atoms with Gasteiger partial charge in [0.1, 0.15) is 5.82 Å². The first kappa shape index (κ1) is 11.5. The van der Waals surface area contributed by atoms with Crippen molar-refractivity contribution in [3.63, 3.8) is 0 Å². The minimum Gasteiger partial charge on any atom is -0.356 e. The molecule has 0 saturated heterocycles. The maximum absolute atomic E-state index is 5.60. The molecule has 0 aromatic carbocycles. The number of hydrogen-bond acceptors (Lipinski definition) is 3.